The average Bonchev–Trinajstić information content (AvgIpc) is 2.95. The molecule has 212 valence electrons. The Labute approximate surface area is 241 Å². The number of fused-ring (bicyclic) bond motifs is 1. The summed E-state index contributed by atoms with van der Waals surface area (Å²) in [6.07, 6.45) is 3.26. The van der Waals surface area contributed by atoms with Gasteiger partial charge in [-0.3, -0.25) is 4.90 Å². The Morgan fingerprint density at radius 1 is 0.875 bits per heavy atom. The lowest BCUT2D eigenvalue weighted by atomic mass is 9.86. The molecule has 3 aromatic carbocycles. The summed E-state index contributed by atoms with van der Waals surface area (Å²) in [4.78, 5) is 5.20. The zero-order chi connectivity index (χ0) is 28.2. The summed E-state index contributed by atoms with van der Waals surface area (Å²) in [5, 5.41) is 0. The Morgan fingerprint density at radius 3 is 2.42 bits per heavy atom. The van der Waals surface area contributed by atoms with Gasteiger partial charge in [0.05, 0.1) is 7.11 Å². The van der Waals surface area contributed by atoms with Crippen molar-refractivity contribution < 1.29 is 9.47 Å². The van der Waals surface area contributed by atoms with Gasteiger partial charge >= 0.3 is 0 Å². The van der Waals surface area contributed by atoms with Crippen LogP contribution in [0.3, 0.4) is 0 Å². The van der Waals surface area contributed by atoms with Crippen molar-refractivity contribution in [3.05, 3.63) is 93.6 Å². The topological polar surface area (TPSA) is 24.9 Å². The van der Waals surface area contributed by atoms with Gasteiger partial charge < -0.3 is 14.4 Å². The van der Waals surface area contributed by atoms with Crippen LogP contribution in [-0.2, 0) is 19.4 Å². The number of allylic oxidation sites excluding steroid dienone is 1. The monoisotopic (exact) mass is 538 g/mol. The molecule has 0 N–H and O–H groups in total. The lowest BCUT2D eigenvalue weighted by molar-refractivity contribution is 0.276. The molecule has 0 spiro atoms. The Bertz CT molecular complexity index is 1370. The third kappa shape index (κ3) is 6.39. The molecule has 0 bridgehead atoms. The highest BCUT2D eigenvalue weighted by atomic mass is 16.5. The molecule has 4 heteroatoms. The zero-order valence-corrected chi connectivity index (χ0v) is 25.3. The van der Waals surface area contributed by atoms with Crippen molar-refractivity contribution in [3.8, 4) is 11.5 Å². The van der Waals surface area contributed by atoms with Gasteiger partial charge in [-0.05, 0) is 104 Å². The van der Waals surface area contributed by atoms with Gasteiger partial charge in [-0.1, -0.05) is 49.8 Å². The number of ether oxygens (including phenoxy) is 2. The van der Waals surface area contributed by atoms with Crippen LogP contribution in [-0.4, -0.2) is 44.7 Å². The predicted octanol–water partition coefficient (Wildman–Crippen LogP) is 7.63. The number of benzene rings is 3. The molecule has 0 aromatic heterocycles. The molecule has 4 nitrogen and oxygen atoms in total. The fourth-order valence-corrected chi connectivity index (χ4v) is 6.26. The summed E-state index contributed by atoms with van der Waals surface area (Å²) < 4.78 is 11.9. The lowest BCUT2D eigenvalue weighted by Crippen LogP contribution is -2.47. The Kier molecular flexibility index (Phi) is 8.85. The van der Waals surface area contributed by atoms with E-state index in [1.54, 1.807) is 12.7 Å². The molecular formula is C36H46N2O2. The molecule has 0 radical (unpaired) electrons. The minimum absolute atomic E-state index is 0.512. The molecule has 2 aliphatic rings. The molecular weight excluding hydrogens is 492 g/mol. The number of methoxy groups -OCH3 is 1. The second-order valence-corrected chi connectivity index (χ2v) is 12.1. The van der Waals surface area contributed by atoms with Gasteiger partial charge in [-0.2, -0.15) is 0 Å². The molecule has 1 aliphatic heterocycles. The number of anilines is 1. The second kappa shape index (κ2) is 12.5. The van der Waals surface area contributed by atoms with Crippen molar-refractivity contribution >= 4 is 11.3 Å². The van der Waals surface area contributed by atoms with E-state index < -0.39 is 0 Å². The van der Waals surface area contributed by atoms with Crippen molar-refractivity contribution in [2.75, 3.05) is 44.7 Å². The number of piperazine rings is 1. The molecule has 0 atom stereocenters. The molecule has 0 unspecified atom stereocenters. The van der Waals surface area contributed by atoms with Crippen LogP contribution in [0.2, 0.25) is 0 Å². The van der Waals surface area contributed by atoms with Crippen LogP contribution >= 0.6 is 0 Å². The molecule has 5 rings (SSSR count). The summed E-state index contributed by atoms with van der Waals surface area (Å²) in [5.74, 6) is 2.47. The standard InChI is InChI=1S/C36H46N2O2/c1-25(2)20-29-10-11-32(36(21-29)39-6)24-40-33-14-15-34-28(5)31(13-12-30(34)22-33)23-37-16-18-38(19-17-37)35-9-7-8-26(3)27(35)4/h7-11,14-15,21-22,25H,12-13,16-20,23-24H2,1-6H3. The first-order chi connectivity index (χ1) is 19.3. The molecule has 1 heterocycles. The second-order valence-electron chi connectivity index (χ2n) is 12.1. The Morgan fingerprint density at radius 2 is 1.68 bits per heavy atom. The normalized spacial score (nSPS) is 15.9. The number of rotatable bonds is 9. The van der Waals surface area contributed by atoms with Crippen LogP contribution in [0.1, 0.15) is 60.6 Å². The van der Waals surface area contributed by atoms with Gasteiger partial charge in [0, 0.05) is 44.0 Å². The highest BCUT2D eigenvalue weighted by molar-refractivity contribution is 5.72. The van der Waals surface area contributed by atoms with Crippen LogP contribution in [0.5, 0.6) is 11.5 Å². The van der Waals surface area contributed by atoms with E-state index in [1.807, 2.05) is 0 Å². The van der Waals surface area contributed by atoms with Crippen LogP contribution in [0.4, 0.5) is 5.69 Å². The molecule has 1 saturated heterocycles. The van der Waals surface area contributed by atoms with E-state index in [-0.39, 0.29) is 0 Å². The molecule has 1 fully saturated rings. The molecule has 0 amide bonds. The first-order valence-electron chi connectivity index (χ1n) is 15.0. The largest absolute Gasteiger partial charge is 0.496 e. The van der Waals surface area contributed by atoms with Crippen molar-refractivity contribution in [1.29, 1.82) is 0 Å². The third-order valence-electron chi connectivity index (χ3n) is 8.80. The van der Waals surface area contributed by atoms with Crippen LogP contribution in [0.15, 0.2) is 60.2 Å². The summed E-state index contributed by atoms with van der Waals surface area (Å²) in [5.41, 5.74) is 12.4. The van der Waals surface area contributed by atoms with Gasteiger partial charge in [0.15, 0.2) is 0 Å². The van der Waals surface area contributed by atoms with E-state index >= 15 is 0 Å². The van der Waals surface area contributed by atoms with E-state index in [4.69, 9.17) is 9.47 Å². The lowest BCUT2D eigenvalue weighted by Gasteiger charge is -2.38. The van der Waals surface area contributed by atoms with Gasteiger partial charge in [-0.25, -0.2) is 0 Å². The highest BCUT2D eigenvalue weighted by Crippen LogP contribution is 2.34. The number of hydrogen-bond donors (Lipinski definition) is 0. The summed E-state index contributed by atoms with van der Waals surface area (Å²) in [6, 6.07) is 19.8. The van der Waals surface area contributed by atoms with E-state index in [9.17, 15) is 0 Å². The Hall–Kier alpha value is -3.24. The Balaban J connectivity index is 1.20. The average molecular weight is 539 g/mol. The maximum atomic E-state index is 6.26. The maximum Gasteiger partial charge on any atom is 0.125 e. The van der Waals surface area contributed by atoms with Crippen LogP contribution in [0.25, 0.3) is 5.57 Å². The number of hydrogen-bond acceptors (Lipinski definition) is 4. The van der Waals surface area contributed by atoms with E-state index in [0.29, 0.717) is 12.5 Å². The summed E-state index contributed by atoms with van der Waals surface area (Å²) >= 11 is 0. The van der Waals surface area contributed by atoms with Crippen LogP contribution < -0.4 is 14.4 Å². The number of nitrogens with zero attached hydrogens (tertiary/aromatic N) is 2. The molecule has 3 aromatic rings. The molecule has 40 heavy (non-hydrogen) atoms. The minimum atomic E-state index is 0.512. The van der Waals surface area contributed by atoms with Gasteiger partial charge in [0.25, 0.3) is 0 Å². The van der Waals surface area contributed by atoms with Gasteiger partial charge in [0.2, 0.25) is 0 Å². The molecule has 1 aliphatic carbocycles. The summed E-state index contributed by atoms with van der Waals surface area (Å²) in [7, 11) is 1.74. The zero-order valence-electron chi connectivity index (χ0n) is 25.3. The third-order valence-corrected chi connectivity index (χ3v) is 8.80. The van der Waals surface area contributed by atoms with Gasteiger partial charge in [-0.15, -0.1) is 0 Å². The fourth-order valence-electron chi connectivity index (χ4n) is 6.26. The quantitative estimate of drug-likeness (QED) is 0.280. The van der Waals surface area contributed by atoms with E-state index in [1.165, 1.54) is 39.1 Å². The first kappa shape index (κ1) is 28.3. The van der Waals surface area contributed by atoms with Crippen molar-refractivity contribution in [3.63, 3.8) is 0 Å². The van der Waals surface area contributed by atoms with Gasteiger partial charge in [0.1, 0.15) is 18.1 Å². The van der Waals surface area contributed by atoms with E-state index in [2.05, 4.69) is 99.0 Å². The van der Waals surface area contributed by atoms with Crippen molar-refractivity contribution in [2.24, 2.45) is 5.92 Å². The summed E-state index contributed by atoms with van der Waals surface area (Å²) in [6.45, 7) is 17.3. The SMILES string of the molecule is COc1cc(CC(C)C)ccc1COc1ccc2c(c1)CCC(CN1CCN(c3cccc(C)c3C)CC1)=C2C. The first-order valence-corrected chi connectivity index (χ1v) is 15.0. The van der Waals surface area contributed by atoms with Crippen LogP contribution in [0, 0.1) is 19.8 Å². The number of aryl methyl sites for hydroxylation is 2. The van der Waals surface area contributed by atoms with Crippen molar-refractivity contribution in [1.82, 2.24) is 4.90 Å². The minimum Gasteiger partial charge on any atom is -0.496 e. The van der Waals surface area contributed by atoms with E-state index in [0.717, 1.165) is 69.0 Å². The highest BCUT2D eigenvalue weighted by Gasteiger charge is 2.23. The molecule has 0 saturated carbocycles. The maximum absolute atomic E-state index is 6.26. The smallest absolute Gasteiger partial charge is 0.125 e. The predicted molar refractivity (Wildman–Crippen MR) is 168 cm³/mol. The fraction of sp³-hybridized carbons (Fsp3) is 0.444. The van der Waals surface area contributed by atoms with Crippen molar-refractivity contribution in [2.45, 2.75) is 60.5 Å².